The van der Waals surface area contributed by atoms with E-state index in [1.165, 1.54) is 23.5 Å². The molecule has 0 radical (unpaired) electrons. The fourth-order valence-electron chi connectivity index (χ4n) is 2.85. The Kier molecular flexibility index (Phi) is 6.73. The molecular formula is C20H24N2O6S. The molecule has 1 atom stereocenters. The summed E-state index contributed by atoms with van der Waals surface area (Å²) in [6.45, 7) is 3.06. The molecule has 1 N–H and O–H groups in total. The van der Waals surface area contributed by atoms with Crippen molar-refractivity contribution < 1.29 is 27.4 Å². The Morgan fingerprint density at radius 2 is 1.69 bits per heavy atom. The van der Waals surface area contributed by atoms with Gasteiger partial charge in [0.15, 0.2) is 17.6 Å². The van der Waals surface area contributed by atoms with Crippen LogP contribution in [0.15, 0.2) is 53.4 Å². The molecule has 1 aliphatic rings. The lowest BCUT2D eigenvalue weighted by molar-refractivity contribution is -0.122. The average molecular weight is 420 g/mol. The first-order valence-electron chi connectivity index (χ1n) is 9.20. The van der Waals surface area contributed by atoms with Crippen LogP contribution in [0.5, 0.6) is 11.5 Å². The highest BCUT2D eigenvalue weighted by atomic mass is 32.2. The number of methoxy groups -OCH3 is 1. The predicted molar refractivity (Wildman–Crippen MR) is 108 cm³/mol. The first-order valence-corrected chi connectivity index (χ1v) is 10.6. The van der Waals surface area contributed by atoms with Crippen molar-refractivity contribution in [2.45, 2.75) is 17.9 Å². The van der Waals surface area contributed by atoms with E-state index in [9.17, 15) is 13.2 Å². The molecule has 0 saturated carbocycles. The maximum absolute atomic E-state index is 12.6. The number of nitrogens with zero attached hydrogens (tertiary/aromatic N) is 1. The van der Waals surface area contributed by atoms with Crippen LogP contribution in [-0.4, -0.2) is 58.1 Å². The topological polar surface area (TPSA) is 94.2 Å². The number of carbonyl (C=O) groups excluding carboxylic acids is 1. The maximum atomic E-state index is 12.6. The summed E-state index contributed by atoms with van der Waals surface area (Å²) in [5.41, 5.74) is 0.478. The molecule has 1 saturated heterocycles. The van der Waals surface area contributed by atoms with Crippen molar-refractivity contribution >= 4 is 21.6 Å². The van der Waals surface area contributed by atoms with Gasteiger partial charge in [-0.25, -0.2) is 8.42 Å². The minimum absolute atomic E-state index is 0.177. The molecular weight excluding hydrogens is 396 g/mol. The molecule has 0 bridgehead atoms. The molecule has 0 aromatic heterocycles. The Morgan fingerprint density at radius 3 is 2.31 bits per heavy atom. The van der Waals surface area contributed by atoms with Gasteiger partial charge in [-0.1, -0.05) is 12.1 Å². The van der Waals surface area contributed by atoms with Gasteiger partial charge in [-0.15, -0.1) is 0 Å². The summed E-state index contributed by atoms with van der Waals surface area (Å²) in [7, 11) is -2.04. The second-order valence-corrected chi connectivity index (χ2v) is 8.38. The van der Waals surface area contributed by atoms with E-state index in [1.54, 1.807) is 37.3 Å². The Balaban J connectivity index is 1.63. The number of sulfonamides is 1. The zero-order valence-electron chi connectivity index (χ0n) is 16.3. The molecule has 0 aliphatic carbocycles. The number of benzene rings is 2. The number of nitrogens with one attached hydrogen (secondary N) is 1. The third kappa shape index (κ3) is 5.06. The highest BCUT2D eigenvalue weighted by molar-refractivity contribution is 7.89. The minimum Gasteiger partial charge on any atom is -0.493 e. The monoisotopic (exact) mass is 420 g/mol. The minimum atomic E-state index is -3.57. The summed E-state index contributed by atoms with van der Waals surface area (Å²) < 4.78 is 42.8. The van der Waals surface area contributed by atoms with Crippen LogP contribution in [0, 0.1) is 0 Å². The molecule has 29 heavy (non-hydrogen) atoms. The molecule has 156 valence electrons. The summed E-state index contributed by atoms with van der Waals surface area (Å²) >= 11 is 0. The van der Waals surface area contributed by atoms with Gasteiger partial charge < -0.3 is 19.5 Å². The smallest absolute Gasteiger partial charge is 0.265 e. The number of amides is 1. The molecule has 1 heterocycles. The number of hydrogen-bond acceptors (Lipinski definition) is 6. The average Bonchev–Trinajstić information content (AvgIpc) is 2.75. The quantitative estimate of drug-likeness (QED) is 0.737. The first kappa shape index (κ1) is 21.1. The Morgan fingerprint density at radius 1 is 1.07 bits per heavy atom. The number of carbonyl (C=O) groups is 1. The number of morpholine rings is 1. The largest absolute Gasteiger partial charge is 0.493 e. The molecule has 1 fully saturated rings. The molecule has 1 unspecified atom stereocenters. The predicted octanol–water partition coefficient (Wildman–Crippen LogP) is 2.12. The van der Waals surface area contributed by atoms with E-state index in [0.29, 0.717) is 43.5 Å². The van der Waals surface area contributed by atoms with E-state index in [0.717, 1.165) is 0 Å². The fourth-order valence-corrected chi connectivity index (χ4v) is 4.26. The Hall–Kier alpha value is -2.62. The molecule has 2 aromatic carbocycles. The summed E-state index contributed by atoms with van der Waals surface area (Å²) in [4.78, 5) is 12.6. The van der Waals surface area contributed by atoms with Gasteiger partial charge >= 0.3 is 0 Å². The third-order valence-electron chi connectivity index (χ3n) is 4.47. The number of ether oxygens (including phenoxy) is 3. The first-order chi connectivity index (χ1) is 13.9. The Bertz CT molecular complexity index is 940. The van der Waals surface area contributed by atoms with Crippen LogP contribution < -0.4 is 14.8 Å². The standard InChI is InChI=1S/C20H24N2O6S/c1-15(28-19-6-4-3-5-18(19)26-2)20(23)21-16-7-9-17(10-8-16)29(24,25)22-11-13-27-14-12-22/h3-10,15H,11-14H2,1-2H3,(H,21,23). The molecule has 9 heteroatoms. The summed E-state index contributed by atoms with van der Waals surface area (Å²) in [6.07, 6.45) is -0.775. The lowest BCUT2D eigenvalue weighted by atomic mass is 10.3. The van der Waals surface area contributed by atoms with Crippen LogP contribution in [-0.2, 0) is 19.6 Å². The maximum Gasteiger partial charge on any atom is 0.265 e. The van der Waals surface area contributed by atoms with Crippen molar-refractivity contribution in [3.63, 3.8) is 0 Å². The van der Waals surface area contributed by atoms with E-state index in [4.69, 9.17) is 14.2 Å². The van der Waals surface area contributed by atoms with Crippen molar-refractivity contribution in [3.05, 3.63) is 48.5 Å². The van der Waals surface area contributed by atoms with Gasteiger partial charge in [-0.2, -0.15) is 4.31 Å². The van der Waals surface area contributed by atoms with Crippen molar-refractivity contribution in [1.82, 2.24) is 4.31 Å². The highest BCUT2D eigenvalue weighted by Gasteiger charge is 2.26. The second kappa shape index (κ2) is 9.25. The lowest BCUT2D eigenvalue weighted by Gasteiger charge is -2.26. The van der Waals surface area contributed by atoms with E-state index in [2.05, 4.69) is 5.32 Å². The van der Waals surface area contributed by atoms with Crippen molar-refractivity contribution in [2.24, 2.45) is 0 Å². The molecule has 1 amide bonds. The SMILES string of the molecule is COc1ccccc1OC(C)C(=O)Nc1ccc(S(=O)(=O)N2CCOCC2)cc1. The van der Waals surface area contributed by atoms with E-state index < -0.39 is 16.1 Å². The third-order valence-corrected chi connectivity index (χ3v) is 6.38. The second-order valence-electron chi connectivity index (χ2n) is 6.44. The summed E-state index contributed by atoms with van der Waals surface area (Å²) in [5.74, 6) is 0.633. The lowest BCUT2D eigenvalue weighted by Crippen LogP contribution is -2.40. The summed E-state index contributed by atoms with van der Waals surface area (Å²) in [5, 5.41) is 2.72. The van der Waals surface area contributed by atoms with Crippen molar-refractivity contribution in [3.8, 4) is 11.5 Å². The van der Waals surface area contributed by atoms with Crippen molar-refractivity contribution in [1.29, 1.82) is 0 Å². The van der Waals surface area contributed by atoms with Gasteiger partial charge in [-0.3, -0.25) is 4.79 Å². The molecule has 2 aromatic rings. The normalized spacial score (nSPS) is 16.1. The molecule has 1 aliphatic heterocycles. The van der Waals surface area contributed by atoms with Crippen LogP contribution >= 0.6 is 0 Å². The number of para-hydroxylation sites is 2. The molecule has 0 spiro atoms. The van der Waals surface area contributed by atoms with Gasteiger partial charge in [0, 0.05) is 18.8 Å². The van der Waals surface area contributed by atoms with Gasteiger partial charge in [0.05, 0.1) is 25.2 Å². The number of hydrogen-bond donors (Lipinski definition) is 1. The zero-order chi connectivity index (χ0) is 20.9. The van der Waals surface area contributed by atoms with Crippen molar-refractivity contribution in [2.75, 3.05) is 38.7 Å². The van der Waals surface area contributed by atoms with Crippen LogP contribution in [0.2, 0.25) is 0 Å². The van der Waals surface area contributed by atoms with Crippen LogP contribution in [0.3, 0.4) is 0 Å². The van der Waals surface area contributed by atoms with Gasteiger partial charge in [0.1, 0.15) is 0 Å². The highest BCUT2D eigenvalue weighted by Crippen LogP contribution is 2.27. The number of anilines is 1. The van der Waals surface area contributed by atoms with Gasteiger partial charge in [-0.05, 0) is 43.3 Å². The Labute approximate surface area is 170 Å². The van der Waals surface area contributed by atoms with E-state index in [-0.39, 0.29) is 10.8 Å². The van der Waals surface area contributed by atoms with E-state index in [1.807, 2.05) is 6.07 Å². The van der Waals surface area contributed by atoms with E-state index >= 15 is 0 Å². The fraction of sp³-hybridized carbons (Fsp3) is 0.350. The van der Waals surface area contributed by atoms with Crippen LogP contribution in [0.1, 0.15) is 6.92 Å². The van der Waals surface area contributed by atoms with Gasteiger partial charge in [0.2, 0.25) is 10.0 Å². The molecule has 8 nitrogen and oxygen atoms in total. The molecule has 3 rings (SSSR count). The summed E-state index contributed by atoms with van der Waals surface area (Å²) in [6, 6.07) is 13.1. The zero-order valence-corrected chi connectivity index (χ0v) is 17.1. The van der Waals surface area contributed by atoms with Crippen LogP contribution in [0.4, 0.5) is 5.69 Å². The van der Waals surface area contributed by atoms with Crippen LogP contribution in [0.25, 0.3) is 0 Å². The number of rotatable bonds is 7. The van der Waals surface area contributed by atoms with Gasteiger partial charge in [0.25, 0.3) is 5.91 Å².